The lowest BCUT2D eigenvalue weighted by Gasteiger charge is -2.20. The molecule has 100 valence electrons. The smallest absolute Gasteiger partial charge is 0.321 e. The molecule has 0 heterocycles. The van der Waals surface area contributed by atoms with E-state index in [1.54, 1.807) is 31.2 Å². The van der Waals surface area contributed by atoms with E-state index in [9.17, 15) is 9.59 Å². The van der Waals surface area contributed by atoms with Gasteiger partial charge in [-0.1, -0.05) is 12.0 Å². The number of amides is 2. The molecule has 19 heavy (non-hydrogen) atoms. The SMILES string of the molecule is C#Cc1cccc(NC(=O)N(CC)CCC(=O)O)c1. The van der Waals surface area contributed by atoms with E-state index < -0.39 is 5.97 Å². The first-order valence-corrected chi connectivity index (χ1v) is 5.91. The number of carboxylic acids is 1. The molecule has 0 unspecified atom stereocenters. The molecule has 0 fully saturated rings. The number of carbonyl (C=O) groups is 2. The Hall–Kier alpha value is -2.48. The summed E-state index contributed by atoms with van der Waals surface area (Å²) in [6.45, 7) is 2.40. The van der Waals surface area contributed by atoms with Crippen molar-refractivity contribution in [2.45, 2.75) is 13.3 Å². The van der Waals surface area contributed by atoms with Crippen molar-refractivity contribution in [2.24, 2.45) is 0 Å². The summed E-state index contributed by atoms with van der Waals surface area (Å²) >= 11 is 0. The number of nitrogens with zero attached hydrogens (tertiary/aromatic N) is 1. The fourth-order valence-electron chi connectivity index (χ4n) is 1.52. The van der Waals surface area contributed by atoms with Crippen LogP contribution in [0.3, 0.4) is 0 Å². The second kappa shape index (κ2) is 7.07. The molecule has 0 saturated heterocycles. The van der Waals surface area contributed by atoms with E-state index in [2.05, 4.69) is 11.2 Å². The number of urea groups is 1. The normalized spacial score (nSPS) is 9.47. The number of benzene rings is 1. The second-order valence-corrected chi connectivity index (χ2v) is 3.88. The third kappa shape index (κ3) is 4.72. The van der Waals surface area contributed by atoms with Gasteiger partial charge in [0, 0.05) is 24.3 Å². The van der Waals surface area contributed by atoms with Crippen LogP contribution >= 0.6 is 0 Å². The highest BCUT2D eigenvalue weighted by molar-refractivity contribution is 5.89. The van der Waals surface area contributed by atoms with E-state index in [1.165, 1.54) is 4.90 Å². The summed E-state index contributed by atoms with van der Waals surface area (Å²) in [5, 5.41) is 11.3. The molecule has 0 radical (unpaired) electrons. The molecule has 2 amide bonds. The first-order valence-electron chi connectivity index (χ1n) is 5.91. The van der Waals surface area contributed by atoms with Crippen molar-refractivity contribution in [1.29, 1.82) is 0 Å². The van der Waals surface area contributed by atoms with Gasteiger partial charge in [-0.05, 0) is 25.1 Å². The summed E-state index contributed by atoms with van der Waals surface area (Å²) < 4.78 is 0. The molecule has 1 rings (SSSR count). The van der Waals surface area contributed by atoms with Gasteiger partial charge in [0.1, 0.15) is 0 Å². The number of hydrogen-bond donors (Lipinski definition) is 2. The van der Waals surface area contributed by atoms with Gasteiger partial charge < -0.3 is 15.3 Å². The van der Waals surface area contributed by atoms with Crippen molar-refractivity contribution in [1.82, 2.24) is 4.90 Å². The number of aliphatic carboxylic acids is 1. The molecule has 1 aromatic carbocycles. The van der Waals surface area contributed by atoms with Crippen LogP contribution in [-0.4, -0.2) is 35.1 Å². The van der Waals surface area contributed by atoms with Crippen LogP contribution in [-0.2, 0) is 4.79 Å². The summed E-state index contributed by atoms with van der Waals surface area (Å²) in [5.41, 5.74) is 1.26. The Bertz CT molecular complexity index is 506. The Morgan fingerprint density at radius 1 is 1.47 bits per heavy atom. The highest BCUT2D eigenvalue weighted by Crippen LogP contribution is 2.10. The van der Waals surface area contributed by atoms with Gasteiger partial charge in [0.05, 0.1) is 6.42 Å². The zero-order chi connectivity index (χ0) is 14.3. The molecule has 0 atom stereocenters. The zero-order valence-corrected chi connectivity index (χ0v) is 10.7. The van der Waals surface area contributed by atoms with Gasteiger partial charge in [-0.3, -0.25) is 4.79 Å². The summed E-state index contributed by atoms with van der Waals surface area (Å²) in [5.74, 6) is 1.55. The molecular weight excluding hydrogens is 244 g/mol. The zero-order valence-electron chi connectivity index (χ0n) is 10.7. The molecule has 1 aromatic rings. The van der Waals surface area contributed by atoms with Crippen LogP contribution in [0.1, 0.15) is 18.9 Å². The number of nitrogens with one attached hydrogen (secondary N) is 1. The second-order valence-electron chi connectivity index (χ2n) is 3.88. The number of carbonyl (C=O) groups excluding carboxylic acids is 1. The lowest BCUT2D eigenvalue weighted by atomic mass is 10.2. The Labute approximate surface area is 112 Å². The van der Waals surface area contributed by atoms with Crippen molar-refractivity contribution >= 4 is 17.7 Å². The molecule has 0 aliphatic heterocycles. The Kier molecular flexibility index (Phi) is 5.42. The monoisotopic (exact) mass is 260 g/mol. The minimum absolute atomic E-state index is 0.0777. The lowest BCUT2D eigenvalue weighted by molar-refractivity contribution is -0.137. The van der Waals surface area contributed by atoms with E-state index >= 15 is 0 Å². The van der Waals surface area contributed by atoms with Crippen molar-refractivity contribution in [3.63, 3.8) is 0 Å². The number of terminal acetylenes is 1. The van der Waals surface area contributed by atoms with E-state index in [0.29, 0.717) is 17.8 Å². The number of hydrogen-bond acceptors (Lipinski definition) is 2. The minimum Gasteiger partial charge on any atom is -0.481 e. The maximum atomic E-state index is 11.9. The van der Waals surface area contributed by atoms with Crippen molar-refractivity contribution in [3.8, 4) is 12.3 Å². The molecule has 2 N–H and O–H groups in total. The highest BCUT2D eigenvalue weighted by Gasteiger charge is 2.12. The van der Waals surface area contributed by atoms with Gasteiger partial charge in [-0.2, -0.15) is 0 Å². The van der Waals surface area contributed by atoms with Crippen LogP contribution in [0.4, 0.5) is 10.5 Å². The average Bonchev–Trinajstić information content (AvgIpc) is 2.39. The fraction of sp³-hybridized carbons (Fsp3) is 0.286. The van der Waals surface area contributed by atoms with Crippen LogP contribution in [0.2, 0.25) is 0 Å². The standard InChI is InChI=1S/C14H16N2O3/c1-3-11-6-5-7-12(10-11)15-14(19)16(4-2)9-8-13(17)18/h1,5-7,10H,4,8-9H2,2H3,(H,15,19)(H,17,18). The molecular formula is C14H16N2O3. The Morgan fingerprint density at radius 2 is 2.21 bits per heavy atom. The number of carboxylic acid groups (broad SMARTS) is 1. The van der Waals surface area contributed by atoms with E-state index in [0.717, 1.165) is 0 Å². The van der Waals surface area contributed by atoms with Crippen LogP contribution in [0.15, 0.2) is 24.3 Å². The largest absolute Gasteiger partial charge is 0.481 e. The van der Waals surface area contributed by atoms with Crippen LogP contribution in [0.25, 0.3) is 0 Å². The molecule has 0 aliphatic rings. The minimum atomic E-state index is -0.930. The van der Waals surface area contributed by atoms with Crippen LogP contribution < -0.4 is 5.32 Å². The fourth-order valence-corrected chi connectivity index (χ4v) is 1.52. The van der Waals surface area contributed by atoms with E-state index in [4.69, 9.17) is 11.5 Å². The number of rotatable bonds is 5. The first-order chi connectivity index (χ1) is 9.06. The molecule has 0 spiro atoms. The van der Waals surface area contributed by atoms with Gasteiger partial charge in [0.25, 0.3) is 0 Å². The third-order valence-corrected chi connectivity index (χ3v) is 2.55. The predicted molar refractivity (Wildman–Crippen MR) is 72.9 cm³/mol. The predicted octanol–water partition coefficient (Wildman–Crippen LogP) is 2.00. The Morgan fingerprint density at radius 3 is 2.79 bits per heavy atom. The topological polar surface area (TPSA) is 69.6 Å². The van der Waals surface area contributed by atoms with Crippen LogP contribution in [0, 0.1) is 12.3 Å². The molecule has 0 aliphatic carbocycles. The van der Waals surface area contributed by atoms with Crippen molar-refractivity contribution < 1.29 is 14.7 Å². The van der Waals surface area contributed by atoms with E-state index in [1.807, 2.05) is 0 Å². The first kappa shape index (κ1) is 14.6. The van der Waals surface area contributed by atoms with Crippen molar-refractivity contribution in [2.75, 3.05) is 18.4 Å². The Balaban J connectivity index is 2.66. The molecule has 0 bridgehead atoms. The highest BCUT2D eigenvalue weighted by atomic mass is 16.4. The third-order valence-electron chi connectivity index (χ3n) is 2.55. The lowest BCUT2D eigenvalue weighted by Crippen LogP contribution is -2.36. The maximum Gasteiger partial charge on any atom is 0.321 e. The molecule has 0 aromatic heterocycles. The van der Waals surface area contributed by atoms with Crippen LogP contribution in [0.5, 0.6) is 0 Å². The summed E-state index contributed by atoms with van der Waals surface area (Å²) in [7, 11) is 0. The summed E-state index contributed by atoms with van der Waals surface area (Å²) in [4.78, 5) is 23.9. The molecule has 0 saturated carbocycles. The summed E-state index contributed by atoms with van der Waals surface area (Å²) in [6, 6.07) is 6.58. The average molecular weight is 260 g/mol. The quantitative estimate of drug-likeness (QED) is 0.795. The van der Waals surface area contributed by atoms with Crippen molar-refractivity contribution in [3.05, 3.63) is 29.8 Å². The van der Waals surface area contributed by atoms with Gasteiger partial charge in [0.2, 0.25) is 0 Å². The van der Waals surface area contributed by atoms with Gasteiger partial charge in [0.15, 0.2) is 0 Å². The molecule has 5 nitrogen and oxygen atoms in total. The summed E-state index contributed by atoms with van der Waals surface area (Å²) in [6.07, 6.45) is 5.20. The van der Waals surface area contributed by atoms with E-state index in [-0.39, 0.29) is 19.0 Å². The van der Waals surface area contributed by atoms with Gasteiger partial charge in [-0.15, -0.1) is 6.42 Å². The number of anilines is 1. The van der Waals surface area contributed by atoms with Gasteiger partial charge in [-0.25, -0.2) is 4.79 Å². The maximum absolute atomic E-state index is 11.9. The molecule has 5 heteroatoms. The van der Waals surface area contributed by atoms with Gasteiger partial charge >= 0.3 is 12.0 Å².